The van der Waals surface area contributed by atoms with Crippen LogP contribution in [0.4, 0.5) is 0 Å². The van der Waals surface area contributed by atoms with Gasteiger partial charge in [0.1, 0.15) is 0 Å². The van der Waals surface area contributed by atoms with Gasteiger partial charge in [0.2, 0.25) is 0 Å². The van der Waals surface area contributed by atoms with Gasteiger partial charge in [-0.3, -0.25) is 0 Å². The second-order valence-electron chi connectivity index (χ2n) is 14.9. The molecule has 0 bridgehead atoms. The maximum atomic E-state index is 2.45. The van der Waals surface area contributed by atoms with Gasteiger partial charge in [-0.15, -0.1) is 0 Å². The zero-order valence-electron chi connectivity index (χ0n) is 24.8. The summed E-state index contributed by atoms with van der Waals surface area (Å²) in [6, 6.07) is 23.8. The summed E-state index contributed by atoms with van der Waals surface area (Å²) in [7, 11) is 0. The number of benzene rings is 4. The predicted octanol–water partition coefficient (Wildman–Crippen LogP) is 10.8. The van der Waals surface area contributed by atoms with Gasteiger partial charge in [-0.25, -0.2) is 0 Å². The summed E-state index contributed by atoms with van der Waals surface area (Å²) >= 11 is 0. The van der Waals surface area contributed by atoms with Crippen molar-refractivity contribution in [3.8, 4) is 11.1 Å². The SMILES string of the molecule is CC(C)(C)c1ccc2cc(-c3cc(C(C)(C)C)c4cc(C(C)(C)C)ccc4c3)cc(C(C)(C)C)c2c1. The molecule has 0 aliphatic carbocycles. The van der Waals surface area contributed by atoms with Gasteiger partial charge in [0, 0.05) is 0 Å². The highest BCUT2D eigenvalue weighted by atomic mass is 14.3. The van der Waals surface area contributed by atoms with Crippen LogP contribution in [0.25, 0.3) is 32.7 Å². The lowest BCUT2D eigenvalue weighted by Gasteiger charge is -2.27. The average Bonchev–Trinajstić information content (AvgIpc) is 2.74. The Morgan fingerprint density at radius 3 is 0.972 bits per heavy atom. The fourth-order valence-electron chi connectivity index (χ4n) is 5.22. The summed E-state index contributed by atoms with van der Waals surface area (Å²) in [5, 5.41) is 5.41. The first-order valence-corrected chi connectivity index (χ1v) is 13.5. The van der Waals surface area contributed by atoms with E-state index >= 15 is 0 Å². The van der Waals surface area contributed by atoms with Gasteiger partial charge >= 0.3 is 0 Å². The van der Waals surface area contributed by atoms with Crippen molar-refractivity contribution in [2.75, 3.05) is 0 Å². The zero-order valence-corrected chi connectivity index (χ0v) is 24.8. The van der Waals surface area contributed by atoms with Crippen LogP contribution in [-0.4, -0.2) is 0 Å². The molecule has 0 heterocycles. The van der Waals surface area contributed by atoms with E-state index in [1.54, 1.807) is 0 Å². The van der Waals surface area contributed by atoms with Crippen LogP contribution in [0.15, 0.2) is 60.7 Å². The molecular weight excluding hydrogens is 432 g/mol. The number of fused-ring (bicyclic) bond motifs is 2. The Hall–Kier alpha value is -2.60. The van der Waals surface area contributed by atoms with Crippen LogP contribution in [0, 0.1) is 0 Å². The van der Waals surface area contributed by atoms with Crippen LogP contribution in [0.3, 0.4) is 0 Å². The summed E-state index contributed by atoms with van der Waals surface area (Å²) in [4.78, 5) is 0. The van der Waals surface area contributed by atoms with E-state index in [2.05, 4.69) is 144 Å². The van der Waals surface area contributed by atoms with Crippen molar-refractivity contribution in [1.82, 2.24) is 0 Å². The maximum Gasteiger partial charge on any atom is -0.0125 e. The molecule has 4 aromatic carbocycles. The molecule has 36 heavy (non-hydrogen) atoms. The van der Waals surface area contributed by atoms with Crippen molar-refractivity contribution in [1.29, 1.82) is 0 Å². The molecule has 0 heteroatoms. The number of hydrogen-bond acceptors (Lipinski definition) is 0. The summed E-state index contributed by atoms with van der Waals surface area (Å²) in [5.41, 5.74) is 8.61. The molecule has 4 rings (SSSR count). The summed E-state index contributed by atoms with van der Waals surface area (Å²) < 4.78 is 0. The van der Waals surface area contributed by atoms with E-state index in [1.807, 2.05) is 0 Å². The van der Waals surface area contributed by atoms with E-state index in [-0.39, 0.29) is 21.7 Å². The first-order chi connectivity index (χ1) is 16.4. The van der Waals surface area contributed by atoms with E-state index in [0.29, 0.717) is 0 Å². The van der Waals surface area contributed by atoms with Crippen molar-refractivity contribution >= 4 is 21.5 Å². The largest absolute Gasteiger partial charge is 0.0579 e. The van der Waals surface area contributed by atoms with Crippen molar-refractivity contribution in [2.45, 2.75) is 105 Å². The Balaban J connectivity index is 2.02. The highest BCUT2D eigenvalue weighted by Crippen LogP contribution is 2.40. The lowest BCUT2D eigenvalue weighted by Crippen LogP contribution is -2.15. The Labute approximate surface area is 220 Å². The van der Waals surface area contributed by atoms with Gasteiger partial charge in [0.05, 0.1) is 0 Å². The Kier molecular flexibility index (Phi) is 6.23. The molecular formula is C36H46. The average molecular weight is 479 g/mol. The standard InChI is InChI=1S/C36H46/c1-33(2,3)27-15-13-23-17-25(19-31(29(23)21-27)35(7,8)9)26-18-24-14-16-28(34(4,5)6)22-30(24)32(20-26)36(10,11)12/h13-22H,1-12H3. The highest BCUT2D eigenvalue weighted by Gasteiger charge is 2.24. The van der Waals surface area contributed by atoms with E-state index in [4.69, 9.17) is 0 Å². The fourth-order valence-corrected chi connectivity index (χ4v) is 5.22. The normalized spacial score (nSPS) is 13.6. The van der Waals surface area contributed by atoms with Crippen molar-refractivity contribution in [3.05, 3.63) is 82.9 Å². The smallest absolute Gasteiger partial charge is 0.0125 e. The molecule has 190 valence electrons. The quantitative estimate of drug-likeness (QED) is 0.255. The van der Waals surface area contributed by atoms with Crippen LogP contribution < -0.4 is 0 Å². The molecule has 0 amide bonds. The van der Waals surface area contributed by atoms with E-state index in [9.17, 15) is 0 Å². The Bertz CT molecular complexity index is 1320. The lowest BCUT2D eigenvalue weighted by atomic mass is 9.77. The molecule has 0 saturated heterocycles. The molecule has 0 fully saturated rings. The summed E-state index contributed by atoms with van der Waals surface area (Å²) in [5.74, 6) is 0. The molecule has 0 nitrogen and oxygen atoms in total. The minimum atomic E-state index is 0.0517. The second kappa shape index (κ2) is 8.47. The molecule has 0 radical (unpaired) electrons. The monoisotopic (exact) mass is 478 g/mol. The molecule has 0 aliphatic rings. The van der Waals surface area contributed by atoms with Crippen LogP contribution in [0.2, 0.25) is 0 Å². The van der Waals surface area contributed by atoms with Crippen molar-refractivity contribution in [3.63, 3.8) is 0 Å². The molecule has 0 spiro atoms. The number of rotatable bonds is 1. The lowest BCUT2D eigenvalue weighted by molar-refractivity contribution is 0.587. The molecule has 0 N–H and O–H groups in total. The van der Waals surface area contributed by atoms with Gasteiger partial charge in [-0.1, -0.05) is 119 Å². The molecule has 0 saturated carbocycles. The maximum absolute atomic E-state index is 2.45. The molecule has 0 aliphatic heterocycles. The van der Waals surface area contributed by atoms with E-state index in [0.717, 1.165) is 0 Å². The summed E-state index contributed by atoms with van der Waals surface area (Å²) in [6.45, 7) is 27.8. The van der Waals surface area contributed by atoms with E-state index in [1.165, 1.54) is 54.9 Å². The van der Waals surface area contributed by atoms with Crippen molar-refractivity contribution in [2.24, 2.45) is 0 Å². The number of hydrogen-bond donors (Lipinski definition) is 0. The highest BCUT2D eigenvalue weighted by molar-refractivity contribution is 5.96. The van der Waals surface area contributed by atoms with Gasteiger partial charge < -0.3 is 0 Å². The van der Waals surface area contributed by atoms with E-state index < -0.39 is 0 Å². The second-order valence-corrected chi connectivity index (χ2v) is 14.9. The third-order valence-electron chi connectivity index (χ3n) is 7.59. The van der Waals surface area contributed by atoms with Crippen LogP contribution >= 0.6 is 0 Å². The third kappa shape index (κ3) is 5.10. The van der Waals surface area contributed by atoms with Gasteiger partial charge in [-0.2, -0.15) is 0 Å². The Morgan fingerprint density at radius 1 is 0.361 bits per heavy atom. The third-order valence-corrected chi connectivity index (χ3v) is 7.59. The van der Waals surface area contributed by atoms with Crippen LogP contribution in [-0.2, 0) is 21.7 Å². The van der Waals surface area contributed by atoms with Crippen LogP contribution in [0.1, 0.15) is 105 Å². The minimum absolute atomic E-state index is 0.0517. The minimum Gasteiger partial charge on any atom is -0.0579 e. The van der Waals surface area contributed by atoms with Crippen molar-refractivity contribution < 1.29 is 0 Å². The van der Waals surface area contributed by atoms with Crippen LogP contribution in [0.5, 0.6) is 0 Å². The predicted molar refractivity (Wildman–Crippen MR) is 162 cm³/mol. The molecule has 4 aromatic rings. The zero-order chi connectivity index (χ0) is 26.8. The van der Waals surface area contributed by atoms with Gasteiger partial charge in [-0.05, 0) is 101 Å². The molecule has 0 aromatic heterocycles. The first kappa shape index (κ1) is 26.5. The van der Waals surface area contributed by atoms with Gasteiger partial charge in [0.15, 0.2) is 0 Å². The fraction of sp³-hybridized carbons (Fsp3) is 0.444. The Morgan fingerprint density at radius 2 is 0.694 bits per heavy atom. The first-order valence-electron chi connectivity index (χ1n) is 13.5. The molecule has 0 unspecified atom stereocenters. The topological polar surface area (TPSA) is 0 Å². The van der Waals surface area contributed by atoms with Gasteiger partial charge in [0.25, 0.3) is 0 Å². The summed E-state index contributed by atoms with van der Waals surface area (Å²) in [6.07, 6.45) is 0. The molecule has 0 atom stereocenters.